The molecule has 5 nitrogen and oxygen atoms in total. The fourth-order valence-electron chi connectivity index (χ4n) is 1.07. The molecular weight excluding hydrogens is 206 g/mol. The van der Waals surface area contributed by atoms with Gasteiger partial charge in [0.15, 0.2) is 0 Å². The first-order valence-electron chi connectivity index (χ1n) is 5.58. The average Bonchev–Trinajstić information content (AvgIpc) is 2.11. The molecule has 0 saturated carbocycles. The Balaban J connectivity index is 4.01. The molecule has 1 atom stereocenters. The van der Waals surface area contributed by atoms with Crippen molar-refractivity contribution in [3.8, 4) is 0 Å². The fourth-order valence-corrected chi connectivity index (χ4v) is 1.07. The van der Waals surface area contributed by atoms with Gasteiger partial charge in [0.2, 0.25) is 11.8 Å². The first kappa shape index (κ1) is 14.9. The zero-order valence-electron chi connectivity index (χ0n) is 10.8. The van der Waals surface area contributed by atoms with Crippen molar-refractivity contribution >= 4 is 11.8 Å². The van der Waals surface area contributed by atoms with Gasteiger partial charge >= 0.3 is 0 Å². The van der Waals surface area contributed by atoms with Crippen LogP contribution in [0.4, 0.5) is 0 Å². The van der Waals surface area contributed by atoms with Crippen molar-refractivity contribution in [3.63, 3.8) is 0 Å². The Morgan fingerprint density at radius 2 is 1.81 bits per heavy atom. The molecule has 94 valence electrons. The van der Waals surface area contributed by atoms with Gasteiger partial charge in [0, 0.05) is 5.54 Å². The fraction of sp³-hybridized carbons (Fsp3) is 0.818. The molecule has 5 heteroatoms. The topological polar surface area (TPSA) is 70.2 Å². The van der Waals surface area contributed by atoms with E-state index >= 15 is 0 Å². The van der Waals surface area contributed by atoms with Gasteiger partial charge in [-0.1, -0.05) is 6.92 Å². The van der Waals surface area contributed by atoms with E-state index < -0.39 is 6.04 Å². The third-order valence-electron chi connectivity index (χ3n) is 1.80. The van der Waals surface area contributed by atoms with E-state index in [0.29, 0.717) is 0 Å². The molecule has 0 saturated heterocycles. The summed E-state index contributed by atoms with van der Waals surface area (Å²) in [5, 5.41) is 8.33. The van der Waals surface area contributed by atoms with Gasteiger partial charge in [0.05, 0.1) is 6.54 Å². The number of likely N-dealkylation sites (N-methyl/N-ethyl adjacent to an activating group) is 1. The van der Waals surface area contributed by atoms with Crippen LogP contribution in [-0.4, -0.2) is 36.5 Å². The number of amides is 2. The summed E-state index contributed by atoms with van der Waals surface area (Å²) in [6, 6.07) is -0.509. The molecule has 0 radical (unpaired) electrons. The SMILES string of the molecule is CCNCC(=O)NC(C)C(=O)NC(C)(C)C. The molecule has 0 aliphatic carbocycles. The minimum atomic E-state index is -0.509. The molecule has 0 heterocycles. The molecule has 0 spiro atoms. The summed E-state index contributed by atoms with van der Waals surface area (Å²) in [6.45, 7) is 10.3. The molecule has 16 heavy (non-hydrogen) atoms. The lowest BCUT2D eigenvalue weighted by molar-refractivity contribution is -0.129. The van der Waals surface area contributed by atoms with E-state index in [1.807, 2.05) is 27.7 Å². The zero-order valence-corrected chi connectivity index (χ0v) is 10.8. The first-order valence-corrected chi connectivity index (χ1v) is 5.58. The van der Waals surface area contributed by atoms with E-state index in [2.05, 4.69) is 16.0 Å². The molecule has 0 aliphatic rings. The van der Waals surface area contributed by atoms with E-state index in [0.717, 1.165) is 6.54 Å². The maximum atomic E-state index is 11.6. The largest absolute Gasteiger partial charge is 0.350 e. The van der Waals surface area contributed by atoms with E-state index in [1.165, 1.54) is 0 Å². The Morgan fingerprint density at radius 3 is 2.25 bits per heavy atom. The van der Waals surface area contributed by atoms with Gasteiger partial charge in [-0.15, -0.1) is 0 Å². The van der Waals surface area contributed by atoms with Gasteiger partial charge in [0.25, 0.3) is 0 Å². The van der Waals surface area contributed by atoms with Crippen molar-refractivity contribution in [3.05, 3.63) is 0 Å². The van der Waals surface area contributed by atoms with Crippen LogP contribution in [0, 0.1) is 0 Å². The van der Waals surface area contributed by atoms with Gasteiger partial charge in [-0.3, -0.25) is 9.59 Å². The van der Waals surface area contributed by atoms with E-state index in [4.69, 9.17) is 0 Å². The van der Waals surface area contributed by atoms with Crippen molar-refractivity contribution in [1.82, 2.24) is 16.0 Å². The van der Waals surface area contributed by atoms with Crippen LogP contribution in [0.15, 0.2) is 0 Å². The van der Waals surface area contributed by atoms with Crippen LogP contribution >= 0.6 is 0 Å². The quantitative estimate of drug-likeness (QED) is 0.622. The van der Waals surface area contributed by atoms with Crippen LogP contribution in [0.25, 0.3) is 0 Å². The molecule has 2 amide bonds. The van der Waals surface area contributed by atoms with Crippen molar-refractivity contribution < 1.29 is 9.59 Å². The summed E-state index contributed by atoms with van der Waals surface area (Å²) in [6.07, 6.45) is 0. The van der Waals surface area contributed by atoms with Crippen molar-refractivity contribution in [1.29, 1.82) is 0 Å². The van der Waals surface area contributed by atoms with Crippen LogP contribution in [0.1, 0.15) is 34.6 Å². The Labute approximate surface area is 97.4 Å². The number of rotatable bonds is 5. The smallest absolute Gasteiger partial charge is 0.242 e. The molecule has 0 aromatic rings. The lowest BCUT2D eigenvalue weighted by atomic mass is 10.1. The second kappa shape index (κ2) is 6.48. The lowest BCUT2D eigenvalue weighted by Gasteiger charge is -2.23. The number of carbonyl (C=O) groups is 2. The number of hydrogen-bond donors (Lipinski definition) is 3. The number of hydrogen-bond acceptors (Lipinski definition) is 3. The van der Waals surface area contributed by atoms with Crippen LogP contribution in [0.3, 0.4) is 0 Å². The van der Waals surface area contributed by atoms with Gasteiger partial charge < -0.3 is 16.0 Å². The number of nitrogens with one attached hydrogen (secondary N) is 3. The monoisotopic (exact) mass is 229 g/mol. The molecule has 0 aliphatic heterocycles. The van der Waals surface area contributed by atoms with E-state index in [9.17, 15) is 9.59 Å². The first-order chi connectivity index (χ1) is 7.26. The van der Waals surface area contributed by atoms with Crippen LogP contribution < -0.4 is 16.0 Å². The summed E-state index contributed by atoms with van der Waals surface area (Å²) in [4.78, 5) is 23.0. The molecule has 0 aromatic heterocycles. The third kappa shape index (κ3) is 7.23. The minimum Gasteiger partial charge on any atom is -0.350 e. The maximum Gasteiger partial charge on any atom is 0.242 e. The van der Waals surface area contributed by atoms with Gasteiger partial charge in [-0.2, -0.15) is 0 Å². The molecule has 0 bridgehead atoms. The summed E-state index contributed by atoms with van der Waals surface area (Å²) in [5.74, 6) is -0.337. The molecule has 3 N–H and O–H groups in total. The predicted octanol–water partition coefficient (Wildman–Crippen LogP) is 0.0153. The molecule has 0 fully saturated rings. The van der Waals surface area contributed by atoms with Gasteiger partial charge in [-0.05, 0) is 34.2 Å². The Hall–Kier alpha value is -1.10. The van der Waals surface area contributed by atoms with E-state index in [-0.39, 0.29) is 23.9 Å². The third-order valence-corrected chi connectivity index (χ3v) is 1.80. The van der Waals surface area contributed by atoms with E-state index in [1.54, 1.807) is 6.92 Å². The highest BCUT2D eigenvalue weighted by Crippen LogP contribution is 1.99. The Morgan fingerprint density at radius 1 is 1.25 bits per heavy atom. The summed E-state index contributed by atoms with van der Waals surface area (Å²) >= 11 is 0. The average molecular weight is 229 g/mol. The molecular formula is C11H23N3O2. The highest BCUT2D eigenvalue weighted by Gasteiger charge is 2.20. The number of carbonyl (C=O) groups excluding carboxylic acids is 2. The predicted molar refractivity (Wildman–Crippen MR) is 64.0 cm³/mol. The van der Waals surface area contributed by atoms with Crippen LogP contribution in [0.2, 0.25) is 0 Å². The van der Waals surface area contributed by atoms with Crippen molar-refractivity contribution in [2.75, 3.05) is 13.1 Å². The zero-order chi connectivity index (χ0) is 12.8. The normalized spacial score (nSPS) is 13.1. The summed E-state index contributed by atoms with van der Waals surface area (Å²) in [7, 11) is 0. The van der Waals surface area contributed by atoms with Crippen LogP contribution in [-0.2, 0) is 9.59 Å². The van der Waals surface area contributed by atoms with Crippen molar-refractivity contribution in [2.45, 2.75) is 46.2 Å². The second-order valence-electron chi connectivity index (χ2n) is 4.81. The summed E-state index contributed by atoms with van der Waals surface area (Å²) in [5.41, 5.74) is -0.280. The molecule has 0 aromatic carbocycles. The molecule has 0 rings (SSSR count). The summed E-state index contributed by atoms with van der Waals surface area (Å²) < 4.78 is 0. The Bertz CT molecular complexity index is 246. The molecule has 1 unspecified atom stereocenters. The second-order valence-corrected chi connectivity index (χ2v) is 4.81. The van der Waals surface area contributed by atoms with Gasteiger partial charge in [0.1, 0.15) is 6.04 Å². The highest BCUT2D eigenvalue weighted by atomic mass is 16.2. The van der Waals surface area contributed by atoms with Crippen LogP contribution in [0.5, 0.6) is 0 Å². The highest BCUT2D eigenvalue weighted by molar-refractivity contribution is 5.88. The standard InChI is InChI=1S/C11H23N3O2/c1-6-12-7-9(15)13-8(2)10(16)14-11(3,4)5/h8,12H,6-7H2,1-5H3,(H,13,15)(H,14,16). The van der Waals surface area contributed by atoms with Crippen molar-refractivity contribution in [2.24, 2.45) is 0 Å². The minimum absolute atomic E-state index is 0.168. The van der Waals surface area contributed by atoms with Gasteiger partial charge in [-0.25, -0.2) is 0 Å². The lowest BCUT2D eigenvalue weighted by Crippen LogP contribution is -2.52. The Kier molecular flexibility index (Phi) is 6.03. The maximum absolute atomic E-state index is 11.6.